The first-order valence-corrected chi connectivity index (χ1v) is 14.4. The van der Waals surface area contributed by atoms with Crippen molar-refractivity contribution in [3.63, 3.8) is 0 Å². The first-order chi connectivity index (χ1) is 21.1. The molecular formula is C33H39N9O2. The van der Waals surface area contributed by atoms with E-state index in [-0.39, 0.29) is 11.3 Å². The largest absolute Gasteiger partial charge is 0.494 e. The molecule has 2 N–H and O–H groups in total. The van der Waals surface area contributed by atoms with Crippen LogP contribution in [0.25, 0.3) is 11.3 Å². The summed E-state index contributed by atoms with van der Waals surface area (Å²) in [6.07, 6.45) is 4.69. The number of pyridine rings is 1. The van der Waals surface area contributed by atoms with Gasteiger partial charge < -0.3 is 30.1 Å². The van der Waals surface area contributed by atoms with Crippen molar-refractivity contribution >= 4 is 40.6 Å². The molecule has 0 saturated heterocycles. The van der Waals surface area contributed by atoms with Gasteiger partial charge in [0.1, 0.15) is 12.1 Å². The van der Waals surface area contributed by atoms with E-state index in [1.165, 1.54) is 12.4 Å². The summed E-state index contributed by atoms with van der Waals surface area (Å²) < 4.78 is 5.76. The van der Waals surface area contributed by atoms with Crippen LogP contribution in [0.15, 0.2) is 73.7 Å². The van der Waals surface area contributed by atoms with E-state index in [0.29, 0.717) is 35.6 Å². The molecule has 44 heavy (non-hydrogen) atoms. The predicted molar refractivity (Wildman–Crippen MR) is 176 cm³/mol. The van der Waals surface area contributed by atoms with Gasteiger partial charge in [0.15, 0.2) is 0 Å². The van der Waals surface area contributed by atoms with Crippen LogP contribution in [0.5, 0.6) is 5.75 Å². The normalized spacial score (nSPS) is 13.4. The Morgan fingerprint density at radius 1 is 1.07 bits per heavy atom. The molecule has 0 fully saturated rings. The maximum absolute atomic E-state index is 12.4. The van der Waals surface area contributed by atoms with Crippen molar-refractivity contribution < 1.29 is 9.53 Å². The number of benzene rings is 2. The first kappa shape index (κ1) is 30.4. The number of hydrogen-bond donors (Lipinski definition) is 2. The van der Waals surface area contributed by atoms with Crippen LogP contribution in [-0.2, 0) is 10.2 Å². The SMILES string of the molecule is C=CC(=O)Nc1cc(Nc2ncnc(N3CC(C)(C)c4cnc(-c5ccccc5)cc43)n2)c(OC)cc1N(C)CCN(C)C. The lowest BCUT2D eigenvalue weighted by atomic mass is 9.88. The van der Waals surface area contributed by atoms with Gasteiger partial charge >= 0.3 is 0 Å². The van der Waals surface area contributed by atoms with E-state index in [1.807, 2.05) is 57.7 Å². The van der Waals surface area contributed by atoms with Crippen molar-refractivity contribution in [2.45, 2.75) is 19.3 Å². The highest BCUT2D eigenvalue weighted by atomic mass is 16.5. The Kier molecular flexibility index (Phi) is 8.77. The summed E-state index contributed by atoms with van der Waals surface area (Å²) in [5, 5.41) is 6.21. The van der Waals surface area contributed by atoms with Crippen LogP contribution in [-0.4, -0.2) is 78.6 Å². The van der Waals surface area contributed by atoms with Crippen molar-refractivity contribution in [3.8, 4) is 17.0 Å². The number of ether oxygens (including phenoxy) is 1. The number of hydrogen-bond acceptors (Lipinski definition) is 10. The van der Waals surface area contributed by atoms with E-state index in [0.717, 1.165) is 41.3 Å². The van der Waals surface area contributed by atoms with Crippen LogP contribution in [0.3, 0.4) is 0 Å². The monoisotopic (exact) mass is 593 g/mol. The topological polar surface area (TPSA) is 112 Å². The van der Waals surface area contributed by atoms with Crippen LogP contribution >= 0.6 is 0 Å². The summed E-state index contributed by atoms with van der Waals surface area (Å²) >= 11 is 0. The maximum Gasteiger partial charge on any atom is 0.247 e. The number of carbonyl (C=O) groups is 1. The zero-order valence-electron chi connectivity index (χ0n) is 26.1. The minimum absolute atomic E-state index is 0.159. The summed E-state index contributed by atoms with van der Waals surface area (Å²) in [7, 11) is 7.62. The number of amides is 1. The highest BCUT2D eigenvalue weighted by Gasteiger charge is 2.37. The Hall–Kier alpha value is -5.03. The van der Waals surface area contributed by atoms with Gasteiger partial charge in [0.2, 0.25) is 17.8 Å². The fraction of sp³-hybridized carbons (Fsp3) is 0.303. The second kappa shape index (κ2) is 12.7. The predicted octanol–water partition coefficient (Wildman–Crippen LogP) is 5.24. The van der Waals surface area contributed by atoms with Gasteiger partial charge in [0, 0.05) is 55.5 Å². The third-order valence-corrected chi connectivity index (χ3v) is 7.63. The minimum atomic E-state index is -0.314. The molecule has 3 heterocycles. The molecule has 0 unspecified atom stereocenters. The number of nitrogens with one attached hydrogen (secondary N) is 2. The van der Waals surface area contributed by atoms with Crippen molar-refractivity contribution in [3.05, 3.63) is 79.3 Å². The van der Waals surface area contributed by atoms with Gasteiger partial charge in [-0.25, -0.2) is 9.97 Å². The molecule has 5 rings (SSSR count). The average molecular weight is 594 g/mol. The zero-order chi connectivity index (χ0) is 31.4. The first-order valence-electron chi connectivity index (χ1n) is 14.4. The number of rotatable bonds is 11. The molecule has 2 aromatic carbocycles. The number of methoxy groups -OCH3 is 1. The molecule has 0 radical (unpaired) electrons. The van der Waals surface area contributed by atoms with E-state index in [4.69, 9.17) is 14.7 Å². The molecule has 0 spiro atoms. The quantitative estimate of drug-likeness (QED) is 0.224. The molecule has 1 amide bonds. The highest BCUT2D eigenvalue weighted by molar-refractivity contribution is 6.02. The molecule has 0 aliphatic carbocycles. The summed E-state index contributed by atoms with van der Waals surface area (Å²) in [5.74, 6) is 1.11. The van der Waals surface area contributed by atoms with Crippen LogP contribution in [0.2, 0.25) is 0 Å². The number of likely N-dealkylation sites (N-methyl/N-ethyl adjacent to an activating group) is 2. The van der Waals surface area contributed by atoms with E-state index in [9.17, 15) is 4.79 Å². The Balaban J connectivity index is 1.48. The molecule has 1 aliphatic heterocycles. The van der Waals surface area contributed by atoms with Gasteiger partial charge in [-0.1, -0.05) is 50.8 Å². The molecule has 0 saturated carbocycles. The molecule has 0 atom stereocenters. The fourth-order valence-electron chi connectivity index (χ4n) is 5.20. The van der Waals surface area contributed by atoms with E-state index in [1.54, 1.807) is 7.11 Å². The van der Waals surface area contributed by atoms with Gasteiger partial charge in [-0.05, 0) is 32.3 Å². The standard InChI is InChI=1S/C33H39N9O2/c1-8-30(43)37-25-16-26(29(44-7)18-28(25)41(6)15-14-40(4)5)38-31-35-21-36-32(39-31)42-20-33(2,3)23-19-34-24(17-27(23)42)22-12-10-9-11-13-22/h8-13,16-19,21H,1,14-15,20H2,2-7H3,(H,37,43)(H,35,36,38,39). The van der Waals surface area contributed by atoms with Crippen molar-refractivity contribution in [2.75, 3.05) is 68.3 Å². The van der Waals surface area contributed by atoms with Gasteiger partial charge in [-0.15, -0.1) is 0 Å². The molecule has 11 nitrogen and oxygen atoms in total. The molecule has 2 aromatic heterocycles. The summed E-state index contributed by atoms with van der Waals surface area (Å²) in [5.41, 5.74) is 5.90. The smallest absolute Gasteiger partial charge is 0.247 e. The van der Waals surface area contributed by atoms with Crippen LogP contribution in [0.4, 0.5) is 34.6 Å². The summed E-state index contributed by atoms with van der Waals surface area (Å²) in [6.45, 7) is 10.2. The number of carbonyl (C=O) groups excluding carboxylic acids is 1. The van der Waals surface area contributed by atoms with Crippen molar-refractivity contribution in [1.29, 1.82) is 0 Å². The Bertz CT molecular complexity index is 1660. The Morgan fingerprint density at radius 3 is 2.55 bits per heavy atom. The molecule has 1 aliphatic rings. The van der Waals surface area contributed by atoms with Crippen LogP contribution in [0.1, 0.15) is 19.4 Å². The van der Waals surface area contributed by atoms with E-state index in [2.05, 4.69) is 73.9 Å². The number of nitrogens with zero attached hydrogens (tertiary/aromatic N) is 7. The molecular weight excluding hydrogens is 554 g/mol. The van der Waals surface area contributed by atoms with Crippen LogP contribution in [0, 0.1) is 0 Å². The van der Waals surface area contributed by atoms with Gasteiger partial charge in [-0.3, -0.25) is 9.78 Å². The van der Waals surface area contributed by atoms with Crippen molar-refractivity contribution in [1.82, 2.24) is 24.8 Å². The molecule has 4 aromatic rings. The lowest BCUT2D eigenvalue weighted by molar-refractivity contribution is -0.111. The zero-order valence-corrected chi connectivity index (χ0v) is 26.1. The molecule has 11 heteroatoms. The number of anilines is 6. The van der Waals surface area contributed by atoms with Crippen LogP contribution < -0.4 is 25.2 Å². The third-order valence-electron chi connectivity index (χ3n) is 7.63. The molecule has 0 bridgehead atoms. The highest BCUT2D eigenvalue weighted by Crippen LogP contribution is 2.44. The Labute approximate surface area is 258 Å². The summed E-state index contributed by atoms with van der Waals surface area (Å²) in [6, 6.07) is 15.9. The Morgan fingerprint density at radius 2 is 1.84 bits per heavy atom. The second-order valence-electron chi connectivity index (χ2n) is 11.6. The second-order valence-corrected chi connectivity index (χ2v) is 11.6. The maximum atomic E-state index is 12.4. The average Bonchev–Trinajstić information content (AvgIpc) is 3.30. The van der Waals surface area contributed by atoms with E-state index < -0.39 is 0 Å². The number of aromatic nitrogens is 4. The minimum Gasteiger partial charge on any atom is -0.494 e. The molecule has 228 valence electrons. The number of fused-ring (bicyclic) bond motifs is 1. The van der Waals surface area contributed by atoms with Gasteiger partial charge in [-0.2, -0.15) is 4.98 Å². The summed E-state index contributed by atoms with van der Waals surface area (Å²) in [4.78, 5) is 37.1. The van der Waals surface area contributed by atoms with Gasteiger partial charge in [0.25, 0.3) is 0 Å². The van der Waals surface area contributed by atoms with Crippen molar-refractivity contribution in [2.24, 2.45) is 0 Å². The van der Waals surface area contributed by atoms with Gasteiger partial charge in [0.05, 0.1) is 35.6 Å². The lowest BCUT2D eigenvalue weighted by Crippen LogP contribution is -2.29. The lowest BCUT2D eigenvalue weighted by Gasteiger charge is -2.26. The van der Waals surface area contributed by atoms with E-state index >= 15 is 0 Å². The third kappa shape index (κ3) is 6.47. The fourth-order valence-corrected chi connectivity index (χ4v) is 5.20.